The molecule has 0 saturated heterocycles. The molecule has 146 valence electrons. The Morgan fingerprint density at radius 3 is 2.10 bits per heavy atom. The van der Waals surface area contributed by atoms with Gasteiger partial charge in [-0.05, 0) is 22.3 Å². The highest BCUT2D eigenvalue weighted by Crippen LogP contribution is 2.38. The number of fused-ring (bicyclic) bond motifs is 1. The van der Waals surface area contributed by atoms with Crippen LogP contribution in [-0.2, 0) is 6.54 Å². The van der Waals surface area contributed by atoms with Crippen molar-refractivity contribution in [3.05, 3.63) is 102 Å². The molecule has 0 fully saturated rings. The zero-order valence-corrected chi connectivity index (χ0v) is 17.5. The lowest BCUT2D eigenvalue weighted by Crippen LogP contribution is -2.18. The van der Waals surface area contributed by atoms with Crippen molar-refractivity contribution >= 4 is 27.4 Å². The van der Waals surface area contributed by atoms with E-state index in [4.69, 9.17) is 0 Å². The number of nitrogens with zero attached hydrogens (tertiary/aromatic N) is 3. The van der Waals surface area contributed by atoms with Crippen molar-refractivity contribution in [2.45, 2.75) is 6.54 Å². The van der Waals surface area contributed by atoms with Crippen molar-refractivity contribution in [3.8, 4) is 22.3 Å². The molecule has 3 nitrogen and oxygen atoms in total. The molecule has 0 aliphatic heterocycles. The van der Waals surface area contributed by atoms with Crippen LogP contribution < -0.4 is 4.90 Å². The van der Waals surface area contributed by atoms with E-state index in [9.17, 15) is 0 Å². The highest BCUT2D eigenvalue weighted by atomic mass is 32.1. The van der Waals surface area contributed by atoms with E-state index in [2.05, 4.69) is 100 Å². The maximum atomic E-state index is 4.65. The standard InChI is InChI=1S/C26H21N3S/c1-29(16-19-8-4-2-5-9-19)25-24-23(17-30-26(24)28-18-27-25)22-14-12-21(13-15-22)20-10-6-3-7-11-20/h2-15,17-18H,16H2,1H3. The summed E-state index contributed by atoms with van der Waals surface area (Å²) in [7, 11) is 2.09. The monoisotopic (exact) mass is 407 g/mol. The van der Waals surface area contributed by atoms with Crippen molar-refractivity contribution in [1.82, 2.24) is 9.97 Å². The third-order valence-corrected chi connectivity index (χ3v) is 6.16. The lowest BCUT2D eigenvalue weighted by Gasteiger charge is -2.19. The van der Waals surface area contributed by atoms with Crippen LogP contribution in [0.15, 0.2) is 96.6 Å². The average molecular weight is 408 g/mol. The van der Waals surface area contributed by atoms with Gasteiger partial charge in [-0.25, -0.2) is 9.97 Å². The molecule has 2 aromatic heterocycles. The molecule has 4 heteroatoms. The van der Waals surface area contributed by atoms with Gasteiger partial charge in [0, 0.05) is 24.5 Å². The van der Waals surface area contributed by atoms with Gasteiger partial charge in [0.1, 0.15) is 17.0 Å². The van der Waals surface area contributed by atoms with Crippen LogP contribution in [0.3, 0.4) is 0 Å². The van der Waals surface area contributed by atoms with Gasteiger partial charge in [-0.3, -0.25) is 0 Å². The van der Waals surface area contributed by atoms with Gasteiger partial charge in [0.2, 0.25) is 0 Å². The Kier molecular flexibility index (Phi) is 4.99. The summed E-state index contributed by atoms with van der Waals surface area (Å²) in [5.74, 6) is 0.965. The highest BCUT2D eigenvalue weighted by molar-refractivity contribution is 7.17. The number of benzene rings is 3. The molecule has 0 aliphatic rings. The average Bonchev–Trinajstić information content (AvgIpc) is 3.25. The molecule has 0 aliphatic carbocycles. The van der Waals surface area contributed by atoms with E-state index >= 15 is 0 Å². The van der Waals surface area contributed by atoms with Crippen molar-refractivity contribution in [2.75, 3.05) is 11.9 Å². The normalized spacial score (nSPS) is 11.0. The first-order valence-corrected chi connectivity index (χ1v) is 10.8. The summed E-state index contributed by atoms with van der Waals surface area (Å²) in [5.41, 5.74) is 6.08. The molecule has 5 aromatic rings. The van der Waals surface area contributed by atoms with Crippen LogP contribution in [-0.4, -0.2) is 17.0 Å². The summed E-state index contributed by atoms with van der Waals surface area (Å²) in [6, 6.07) is 29.7. The number of hydrogen-bond acceptors (Lipinski definition) is 4. The van der Waals surface area contributed by atoms with Gasteiger partial charge in [0.25, 0.3) is 0 Å². The Hall–Kier alpha value is -3.50. The van der Waals surface area contributed by atoms with Gasteiger partial charge in [-0.15, -0.1) is 11.3 Å². The van der Waals surface area contributed by atoms with E-state index in [1.165, 1.54) is 27.8 Å². The lowest BCUT2D eigenvalue weighted by atomic mass is 10.0. The summed E-state index contributed by atoms with van der Waals surface area (Å²) >= 11 is 1.67. The largest absolute Gasteiger partial charge is 0.355 e. The third-order valence-electron chi connectivity index (χ3n) is 5.28. The molecule has 0 N–H and O–H groups in total. The number of thiophene rings is 1. The second-order valence-corrected chi connectivity index (χ2v) is 8.17. The summed E-state index contributed by atoms with van der Waals surface area (Å²) in [6.45, 7) is 0.801. The van der Waals surface area contributed by atoms with Crippen LogP contribution in [0, 0.1) is 0 Å². The highest BCUT2D eigenvalue weighted by Gasteiger charge is 2.16. The Balaban J connectivity index is 1.53. The predicted octanol–water partition coefficient (Wildman–Crippen LogP) is 6.66. The van der Waals surface area contributed by atoms with Crippen molar-refractivity contribution < 1.29 is 0 Å². The SMILES string of the molecule is CN(Cc1ccccc1)c1ncnc2scc(-c3ccc(-c4ccccc4)cc3)c12. The Labute approximate surface area is 180 Å². The van der Waals surface area contributed by atoms with Crippen molar-refractivity contribution in [3.63, 3.8) is 0 Å². The van der Waals surface area contributed by atoms with E-state index in [1.807, 2.05) is 12.1 Å². The Bertz CT molecular complexity index is 1260. The van der Waals surface area contributed by atoms with Crippen LogP contribution in [0.4, 0.5) is 5.82 Å². The van der Waals surface area contributed by atoms with Crippen LogP contribution in [0.5, 0.6) is 0 Å². The molecule has 0 atom stereocenters. The topological polar surface area (TPSA) is 29.0 Å². The summed E-state index contributed by atoms with van der Waals surface area (Å²) in [6.07, 6.45) is 1.66. The van der Waals surface area contributed by atoms with Gasteiger partial charge < -0.3 is 4.90 Å². The molecular formula is C26H21N3S. The number of anilines is 1. The van der Waals surface area contributed by atoms with Gasteiger partial charge in [0.15, 0.2) is 0 Å². The summed E-state index contributed by atoms with van der Waals surface area (Å²) in [5, 5.41) is 3.31. The van der Waals surface area contributed by atoms with Gasteiger partial charge in [-0.2, -0.15) is 0 Å². The molecule has 0 spiro atoms. The number of aromatic nitrogens is 2. The zero-order valence-electron chi connectivity index (χ0n) is 16.7. The second kappa shape index (κ2) is 8.09. The Morgan fingerprint density at radius 1 is 0.733 bits per heavy atom. The van der Waals surface area contributed by atoms with E-state index in [0.29, 0.717) is 0 Å². The van der Waals surface area contributed by atoms with Crippen LogP contribution in [0.1, 0.15) is 5.56 Å². The molecule has 0 bridgehead atoms. The van der Waals surface area contributed by atoms with Crippen molar-refractivity contribution in [1.29, 1.82) is 0 Å². The van der Waals surface area contributed by atoms with E-state index in [0.717, 1.165) is 22.6 Å². The number of hydrogen-bond donors (Lipinski definition) is 0. The number of rotatable bonds is 5. The second-order valence-electron chi connectivity index (χ2n) is 7.31. The van der Waals surface area contributed by atoms with Crippen molar-refractivity contribution in [2.24, 2.45) is 0 Å². The molecule has 2 heterocycles. The van der Waals surface area contributed by atoms with E-state index < -0.39 is 0 Å². The maximum absolute atomic E-state index is 4.65. The first-order chi connectivity index (χ1) is 14.8. The van der Waals surface area contributed by atoms with Gasteiger partial charge in [-0.1, -0.05) is 84.9 Å². The third kappa shape index (κ3) is 3.58. The fourth-order valence-electron chi connectivity index (χ4n) is 3.77. The molecule has 0 saturated carbocycles. The van der Waals surface area contributed by atoms with E-state index in [1.54, 1.807) is 17.7 Å². The molecule has 0 radical (unpaired) electrons. The summed E-state index contributed by atoms with van der Waals surface area (Å²) in [4.78, 5) is 12.4. The molecule has 0 unspecified atom stereocenters. The molecule has 5 rings (SSSR count). The molecule has 30 heavy (non-hydrogen) atoms. The first kappa shape index (κ1) is 18.5. The minimum atomic E-state index is 0.801. The Morgan fingerprint density at radius 2 is 1.37 bits per heavy atom. The zero-order chi connectivity index (χ0) is 20.3. The molecule has 3 aromatic carbocycles. The van der Waals surface area contributed by atoms with Crippen LogP contribution in [0.2, 0.25) is 0 Å². The predicted molar refractivity (Wildman–Crippen MR) is 127 cm³/mol. The maximum Gasteiger partial charge on any atom is 0.141 e. The lowest BCUT2D eigenvalue weighted by molar-refractivity contribution is 0.901. The van der Waals surface area contributed by atoms with Gasteiger partial charge in [0.05, 0.1) is 5.39 Å². The van der Waals surface area contributed by atoms with Crippen LogP contribution >= 0.6 is 11.3 Å². The first-order valence-electron chi connectivity index (χ1n) is 9.93. The summed E-state index contributed by atoms with van der Waals surface area (Å²) < 4.78 is 0. The smallest absolute Gasteiger partial charge is 0.141 e. The van der Waals surface area contributed by atoms with Gasteiger partial charge >= 0.3 is 0 Å². The minimum Gasteiger partial charge on any atom is -0.355 e. The van der Waals surface area contributed by atoms with Crippen LogP contribution in [0.25, 0.3) is 32.5 Å². The molecule has 0 amide bonds. The molecular weight excluding hydrogens is 386 g/mol. The quantitative estimate of drug-likeness (QED) is 0.326. The fraction of sp³-hybridized carbons (Fsp3) is 0.0769. The fourth-order valence-corrected chi connectivity index (χ4v) is 4.68. The minimum absolute atomic E-state index is 0.801. The van der Waals surface area contributed by atoms with E-state index in [-0.39, 0.29) is 0 Å².